The summed E-state index contributed by atoms with van der Waals surface area (Å²) >= 11 is 50.0. The van der Waals surface area contributed by atoms with Crippen LogP contribution in [0.1, 0.15) is 336 Å². The van der Waals surface area contributed by atoms with Gasteiger partial charge in [0.15, 0.2) is 0 Å². The number of rotatable bonds is 24. The van der Waals surface area contributed by atoms with E-state index in [-0.39, 0.29) is 43.3 Å². The normalized spacial score (nSPS) is 14.9. The van der Waals surface area contributed by atoms with Gasteiger partial charge in [0.05, 0.1) is 28.6 Å². The maximum atomic E-state index is 8.68. The molecule has 8 aromatic carbocycles. The Kier molecular flexibility index (Phi) is 30.1. The first-order valence-corrected chi connectivity index (χ1v) is 50.8. The Balaban J connectivity index is 1.32. The van der Waals surface area contributed by atoms with Gasteiger partial charge >= 0.3 is 0 Å². The van der Waals surface area contributed by atoms with Crippen molar-refractivity contribution in [3.8, 4) is 0 Å². The molecule has 0 amide bonds. The van der Waals surface area contributed by atoms with E-state index in [2.05, 4.69) is 294 Å². The summed E-state index contributed by atoms with van der Waals surface area (Å²) in [6.45, 7) is 75.6. The van der Waals surface area contributed by atoms with Crippen molar-refractivity contribution in [1.82, 2.24) is 0 Å². The average molecular weight is 1760 g/mol. The Labute approximate surface area is 747 Å². The van der Waals surface area contributed by atoms with Crippen molar-refractivity contribution in [2.45, 2.75) is 355 Å². The molecule has 0 saturated carbocycles. The second-order valence-corrected chi connectivity index (χ2v) is 53.3. The highest BCUT2D eigenvalue weighted by Gasteiger charge is 2.40. The van der Waals surface area contributed by atoms with E-state index in [9.17, 15) is 0 Å². The molecule has 2 heterocycles. The monoisotopic (exact) mass is 1760 g/mol. The van der Waals surface area contributed by atoms with E-state index in [0.717, 1.165) is 78.6 Å². The molecule has 620 valence electrons. The summed E-state index contributed by atoms with van der Waals surface area (Å²) < 4.78 is 2.48. The third-order valence-corrected chi connectivity index (χ3v) is 35.1. The molecule has 0 N–H and O–H groups in total. The van der Waals surface area contributed by atoms with E-state index in [0.29, 0.717) is 49.4 Å². The molecule has 10 rings (SSSR count). The molecule has 114 heavy (non-hydrogen) atoms. The van der Waals surface area contributed by atoms with Gasteiger partial charge in [-0.3, -0.25) is 0 Å². The molecule has 8 aromatic rings. The second kappa shape index (κ2) is 36.4. The molecule has 0 saturated heterocycles. The third kappa shape index (κ3) is 22.3. The summed E-state index contributed by atoms with van der Waals surface area (Å²) in [7, 11) is 0. The van der Waals surface area contributed by atoms with Crippen LogP contribution in [0.15, 0.2) is 120 Å². The Morgan fingerprint density at radius 3 is 0.623 bits per heavy atom. The molecule has 0 aliphatic carbocycles. The molecule has 0 aromatic heterocycles. The van der Waals surface area contributed by atoms with E-state index in [1.165, 1.54) is 148 Å². The molecule has 2 aliphatic heterocycles. The molecular formula is C102H136Cl4S8. The van der Waals surface area contributed by atoms with E-state index in [1.807, 2.05) is 94.1 Å². The van der Waals surface area contributed by atoms with E-state index in [4.69, 9.17) is 46.4 Å². The highest BCUT2D eigenvalue weighted by atomic mass is 35.5. The number of fused-ring (bicyclic) bond motifs is 6. The highest BCUT2D eigenvalue weighted by Crippen LogP contribution is 2.69. The summed E-state index contributed by atoms with van der Waals surface area (Å²) in [6.07, 6.45) is 7.03. The summed E-state index contributed by atoms with van der Waals surface area (Å²) in [5, 5.41) is 8.53. The Morgan fingerprint density at radius 2 is 0.430 bits per heavy atom. The maximum absolute atomic E-state index is 8.68. The van der Waals surface area contributed by atoms with Gasteiger partial charge in [-0.2, -0.15) is 0 Å². The molecule has 0 fully saturated rings. The minimum atomic E-state index is -0.0801. The molecule has 2 aliphatic rings. The van der Waals surface area contributed by atoms with Crippen LogP contribution in [0.4, 0.5) is 0 Å². The van der Waals surface area contributed by atoms with Crippen molar-refractivity contribution in [3.63, 3.8) is 0 Å². The van der Waals surface area contributed by atoms with Crippen LogP contribution in [-0.2, 0) is 69.0 Å². The molecule has 0 atom stereocenters. The third-order valence-electron chi connectivity index (χ3n) is 22.5. The lowest BCUT2D eigenvalue weighted by Crippen LogP contribution is -2.18. The number of hydrogen-bond donors (Lipinski definition) is 0. The predicted molar refractivity (Wildman–Crippen MR) is 526 cm³/mol. The molecule has 0 bridgehead atoms. The van der Waals surface area contributed by atoms with Gasteiger partial charge in [-0.25, -0.2) is 0 Å². The lowest BCUT2D eigenvalue weighted by molar-refractivity contribution is 0.566. The Hall–Kier alpha value is -2.02. The Morgan fingerprint density at radius 1 is 0.246 bits per heavy atom. The van der Waals surface area contributed by atoms with Crippen LogP contribution in [0.3, 0.4) is 0 Å². The van der Waals surface area contributed by atoms with Gasteiger partial charge in [0, 0.05) is 60.7 Å². The number of halogens is 4. The molecule has 0 radical (unpaired) electrons. The van der Waals surface area contributed by atoms with Crippen molar-refractivity contribution in [3.05, 3.63) is 190 Å². The van der Waals surface area contributed by atoms with Crippen LogP contribution < -0.4 is 0 Å². The van der Waals surface area contributed by atoms with Crippen molar-refractivity contribution in [2.75, 3.05) is 23.0 Å². The van der Waals surface area contributed by atoms with Crippen LogP contribution >= 0.6 is 140 Å². The molecule has 0 nitrogen and oxygen atoms in total. The largest absolute Gasteiger partial charge is 0.124 e. The van der Waals surface area contributed by atoms with Crippen molar-refractivity contribution < 1.29 is 0 Å². The van der Waals surface area contributed by atoms with Crippen LogP contribution in [0.5, 0.6) is 0 Å². The molecule has 12 heteroatoms. The summed E-state index contributed by atoms with van der Waals surface area (Å²) in [5.41, 5.74) is 20.4. The summed E-state index contributed by atoms with van der Waals surface area (Å²) in [6, 6.07) is 29.9. The lowest BCUT2D eigenvalue weighted by atomic mass is 9.78. The maximum Gasteiger partial charge on any atom is 0.0707 e. The zero-order valence-electron chi connectivity index (χ0n) is 75.5. The molecule has 0 spiro atoms. The fourth-order valence-corrected chi connectivity index (χ4v) is 28.1. The SMILES string of the molecule is CC(C)CCSc1c(Cl)c2c(c3c(SCCC(C)C)c(Cl)c(Cc4cc(C(C)(C)C)cc(C(C)(C)C)c4)c(Cc4cc(C(C)(C)C)cc(C(C)(C)C)c4)c13)S/C(=C1/Sc3c(Cl)c(SCCC(C)C)c4c(Cc5cc(C(C)(C)C)cc(C(C)(C)C)c5)c(Cc5cc(C(C)(C)C)cc(C(C)(C)C)c5)c(Cl)c(SCCC(C)C)c4c3S1)S2. The van der Waals surface area contributed by atoms with Gasteiger partial charge in [-0.1, -0.05) is 388 Å². The van der Waals surface area contributed by atoms with Crippen LogP contribution in [0, 0.1) is 23.7 Å². The fourth-order valence-electron chi connectivity index (χ4n) is 14.7. The number of benzene rings is 8. The molecular weight excluding hydrogens is 1620 g/mol. The lowest BCUT2D eigenvalue weighted by Gasteiger charge is -2.28. The number of hydrogen-bond acceptors (Lipinski definition) is 8. The zero-order valence-corrected chi connectivity index (χ0v) is 85.1. The van der Waals surface area contributed by atoms with Gasteiger partial charge < -0.3 is 0 Å². The van der Waals surface area contributed by atoms with E-state index in [1.54, 1.807) is 0 Å². The quantitative estimate of drug-likeness (QED) is 0.0542. The minimum absolute atomic E-state index is 0.0684. The highest BCUT2D eigenvalue weighted by molar-refractivity contribution is 8.30. The predicted octanol–water partition coefficient (Wildman–Crippen LogP) is 36.1. The number of thioether (sulfide) groups is 8. The average Bonchev–Trinajstić information content (AvgIpc) is 1.41. The van der Waals surface area contributed by atoms with Crippen molar-refractivity contribution in [2.24, 2.45) is 23.7 Å². The van der Waals surface area contributed by atoms with Crippen molar-refractivity contribution >= 4 is 162 Å². The summed E-state index contributed by atoms with van der Waals surface area (Å²) in [5.74, 6) is 5.83. The Bertz CT molecular complexity index is 4470. The first-order valence-electron chi connectivity index (χ1n) is 42.1. The van der Waals surface area contributed by atoms with Gasteiger partial charge in [0.2, 0.25) is 0 Å². The van der Waals surface area contributed by atoms with Crippen LogP contribution in [0.25, 0.3) is 21.5 Å². The molecule has 0 unspecified atom stereocenters. The summed E-state index contributed by atoms with van der Waals surface area (Å²) in [4.78, 5) is 9.44. The van der Waals surface area contributed by atoms with Gasteiger partial charge in [0.1, 0.15) is 0 Å². The van der Waals surface area contributed by atoms with Crippen molar-refractivity contribution in [1.29, 1.82) is 0 Å². The van der Waals surface area contributed by atoms with Gasteiger partial charge in [-0.05, 0) is 230 Å². The van der Waals surface area contributed by atoms with Crippen LogP contribution in [-0.4, -0.2) is 23.0 Å². The zero-order chi connectivity index (χ0) is 84.6. The smallest absolute Gasteiger partial charge is 0.0707 e. The fraction of sp³-hybridized carbons (Fsp3) is 0.549. The van der Waals surface area contributed by atoms with E-state index >= 15 is 0 Å². The standard InChI is InChI=1S/C102H136Cl4S8/c1-57(2)33-37-107-85-77-73(49-61-41-65(95(9,10)11)53-66(42-61)96(12,13)14)75(51-63-45-69(99(21,22)23)55-70(46-63)100(24,25)26)81(103)87(109-39-35-59(5)6)79(77)89-91(83(85)105)113-93(111-89)94-112-90-80-78(86(84(106)92(90)114-94)108-38-34-58(3)4)74(50-62-43-67(97(15,16)17)54-68(44-62)98(18,19)20)76(82(104)88(80)110-40-36-60(7)8)52-64-47-71(101(27,28)29)56-72(48-64)102(30,31)32/h41-48,53-60H,33-40,49-52H2,1-32H3/b94-93-. The second-order valence-electron chi connectivity index (χ2n) is 42.8. The van der Waals surface area contributed by atoms with Crippen LogP contribution in [0.2, 0.25) is 20.1 Å². The first-order chi connectivity index (χ1) is 52.5. The topological polar surface area (TPSA) is 0 Å². The van der Waals surface area contributed by atoms with E-state index < -0.39 is 0 Å². The van der Waals surface area contributed by atoms with Gasteiger partial charge in [0.25, 0.3) is 0 Å². The first kappa shape index (κ1) is 94.2. The van der Waals surface area contributed by atoms with Gasteiger partial charge in [-0.15, -0.1) is 47.0 Å². The minimum Gasteiger partial charge on any atom is -0.124 e.